The maximum atomic E-state index is 12.8. The number of aromatic nitrogens is 1. The first-order valence-corrected chi connectivity index (χ1v) is 10.1. The van der Waals surface area contributed by atoms with Crippen LogP contribution < -0.4 is 14.8 Å². The second kappa shape index (κ2) is 7.75. The number of amides is 1. The summed E-state index contributed by atoms with van der Waals surface area (Å²) in [6, 6.07) is 6.72. The zero-order chi connectivity index (χ0) is 21.4. The van der Waals surface area contributed by atoms with Gasteiger partial charge in [0.05, 0.1) is 16.7 Å². The lowest BCUT2D eigenvalue weighted by Gasteiger charge is -2.18. The Balaban J connectivity index is 1.64. The number of fused-ring (bicyclic) bond motifs is 1. The minimum atomic E-state index is -0.628. The molecule has 1 N–H and O–H groups in total. The van der Waals surface area contributed by atoms with Gasteiger partial charge < -0.3 is 9.47 Å². The number of nitro benzene ring substituents is 1. The van der Waals surface area contributed by atoms with Crippen molar-refractivity contribution < 1.29 is 19.2 Å². The van der Waals surface area contributed by atoms with E-state index in [1.54, 1.807) is 0 Å². The van der Waals surface area contributed by atoms with E-state index in [1.807, 2.05) is 26.2 Å². The fourth-order valence-electron chi connectivity index (χ4n) is 3.61. The molecular weight excluding hydrogens is 406 g/mol. The van der Waals surface area contributed by atoms with Crippen molar-refractivity contribution in [2.24, 2.45) is 0 Å². The molecule has 4 rings (SSSR count). The normalized spacial score (nSPS) is 12.5. The Morgan fingerprint density at radius 1 is 1.10 bits per heavy atom. The first-order valence-electron chi connectivity index (χ1n) is 9.26. The number of thiazole rings is 1. The lowest BCUT2D eigenvalue weighted by molar-refractivity contribution is -0.385. The van der Waals surface area contributed by atoms with Crippen molar-refractivity contribution in [3.63, 3.8) is 0 Å². The molecule has 3 aromatic rings. The van der Waals surface area contributed by atoms with E-state index in [1.165, 1.54) is 29.0 Å². The highest BCUT2D eigenvalue weighted by molar-refractivity contribution is 7.14. The number of nitrogens with zero attached hydrogens (tertiary/aromatic N) is 2. The van der Waals surface area contributed by atoms with Crippen LogP contribution in [0.5, 0.6) is 11.5 Å². The standard InChI is InChI=1S/C21H19N3O5S/c1-11-6-12(2)19(13(3)7-11)15-10-30-21(22-15)23-20(25)14-8-17-18(29-5-4-28-17)9-16(14)24(26)27/h6-10H,4-5H2,1-3H3,(H,22,23,25). The highest BCUT2D eigenvalue weighted by Crippen LogP contribution is 2.37. The summed E-state index contributed by atoms with van der Waals surface area (Å²) in [5, 5.41) is 16.4. The number of hydrogen-bond acceptors (Lipinski definition) is 7. The van der Waals surface area contributed by atoms with Crippen molar-refractivity contribution in [3.05, 3.63) is 62.0 Å². The molecule has 0 aliphatic carbocycles. The summed E-state index contributed by atoms with van der Waals surface area (Å²) < 4.78 is 10.8. The van der Waals surface area contributed by atoms with Gasteiger partial charge in [0.1, 0.15) is 18.8 Å². The number of rotatable bonds is 4. The molecule has 1 aliphatic rings. The van der Waals surface area contributed by atoms with Crippen LogP contribution in [0.2, 0.25) is 0 Å². The number of hydrogen-bond donors (Lipinski definition) is 1. The third-order valence-corrected chi connectivity index (χ3v) is 5.52. The summed E-state index contributed by atoms with van der Waals surface area (Å²) >= 11 is 1.26. The van der Waals surface area contributed by atoms with E-state index in [2.05, 4.69) is 22.4 Å². The van der Waals surface area contributed by atoms with Gasteiger partial charge in [0.2, 0.25) is 0 Å². The van der Waals surface area contributed by atoms with Gasteiger partial charge >= 0.3 is 0 Å². The molecule has 0 atom stereocenters. The average molecular weight is 425 g/mol. The number of nitrogens with one attached hydrogen (secondary N) is 1. The monoisotopic (exact) mass is 425 g/mol. The molecule has 0 fully saturated rings. The molecule has 0 saturated carbocycles. The van der Waals surface area contributed by atoms with Crippen molar-refractivity contribution in [3.8, 4) is 22.8 Å². The van der Waals surface area contributed by atoms with Gasteiger partial charge in [-0.15, -0.1) is 11.3 Å². The van der Waals surface area contributed by atoms with Crippen molar-refractivity contribution in [2.45, 2.75) is 20.8 Å². The molecule has 0 saturated heterocycles. The molecule has 2 heterocycles. The maximum Gasteiger partial charge on any atom is 0.286 e. The van der Waals surface area contributed by atoms with Crippen LogP contribution in [0.4, 0.5) is 10.8 Å². The van der Waals surface area contributed by atoms with Gasteiger partial charge in [0.15, 0.2) is 16.6 Å². The zero-order valence-corrected chi connectivity index (χ0v) is 17.5. The Morgan fingerprint density at radius 2 is 1.73 bits per heavy atom. The number of carbonyl (C=O) groups excluding carboxylic acids is 1. The average Bonchev–Trinajstić information content (AvgIpc) is 3.13. The Morgan fingerprint density at radius 3 is 2.37 bits per heavy atom. The van der Waals surface area contributed by atoms with E-state index >= 15 is 0 Å². The van der Waals surface area contributed by atoms with Crippen LogP contribution in [0.1, 0.15) is 27.0 Å². The zero-order valence-electron chi connectivity index (χ0n) is 16.6. The predicted octanol–water partition coefficient (Wildman–Crippen LogP) is 4.67. The van der Waals surface area contributed by atoms with Crippen LogP contribution in [-0.4, -0.2) is 29.0 Å². The number of aryl methyl sites for hydroxylation is 3. The van der Waals surface area contributed by atoms with Gasteiger partial charge in [0, 0.05) is 17.0 Å². The molecule has 9 heteroatoms. The highest BCUT2D eigenvalue weighted by atomic mass is 32.1. The Bertz CT molecular complexity index is 1150. The first-order chi connectivity index (χ1) is 14.3. The van der Waals surface area contributed by atoms with Crippen LogP contribution in [0, 0.1) is 30.9 Å². The lowest BCUT2D eigenvalue weighted by Crippen LogP contribution is -2.18. The minimum Gasteiger partial charge on any atom is -0.486 e. The first kappa shape index (κ1) is 19.8. The van der Waals surface area contributed by atoms with Gasteiger partial charge in [-0.05, 0) is 31.9 Å². The highest BCUT2D eigenvalue weighted by Gasteiger charge is 2.27. The third kappa shape index (κ3) is 3.71. The van der Waals surface area contributed by atoms with Crippen LogP contribution in [0.25, 0.3) is 11.3 Å². The van der Waals surface area contributed by atoms with E-state index in [0.717, 1.165) is 22.4 Å². The molecule has 154 valence electrons. The van der Waals surface area contributed by atoms with Crippen LogP contribution in [0.3, 0.4) is 0 Å². The summed E-state index contributed by atoms with van der Waals surface area (Å²) in [5.41, 5.74) is 4.67. The molecule has 1 aliphatic heterocycles. The molecule has 0 bridgehead atoms. The van der Waals surface area contributed by atoms with E-state index in [0.29, 0.717) is 24.1 Å². The fourth-order valence-corrected chi connectivity index (χ4v) is 4.30. The largest absolute Gasteiger partial charge is 0.486 e. The second-order valence-electron chi connectivity index (χ2n) is 7.04. The summed E-state index contributed by atoms with van der Waals surface area (Å²) in [4.78, 5) is 28.2. The minimum absolute atomic E-state index is 0.108. The third-order valence-electron chi connectivity index (χ3n) is 4.76. The number of carbonyl (C=O) groups is 1. The van der Waals surface area contributed by atoms with Gasteiger partial charge in [-0.2, -0.15) is 0 Å². The number of anilines is 1. The Hall–Kier alpha value is -3.46. The van der Waals surface area contributed by atoms with E-state index < -0.39 is 10.8 Å². The molecule has 8 nitrogen and oxygen atoms in total. The quantitative estimate of drug-likeness (QED) is 0.481. The molecular formula is C21H19N3O5S. The van der Waals surface area contributed by atoms with Gasteiger partial charge in [-0.3, -0.25) is 20.2 Å². The molecule has 1 amide bonds. The van der Waals surface area contributed by atoms with Crippen molar-refractivity contribution in [2.75, 3.05) is 18.5 Å². The maximum absolute atomic E-state index is 12.8. The molecule has 30 heavy (non-hydrogen) atoms. The molecule has 0 spiro atoms. The van der Waals surface area contributed by atoms with Crippen molar-refractivity contribution in [1.29, 1.82) is 0 Å². The van der Waals surface area contributed by atoms with Crippen LogP contribution in [-0.2, 0) is 0 Å². The van der Waals surface area contributed by atoms with Gasteiger partial charge in [-0.25, -0.2) is 4.98 Å². The van der Waals surface area contributed by atoms with Crippen LogP contribution >= 0.6 is 11.3 Å². The molecule has 0 unspecified atom stereocenters. The van der Waals surface area contributed by atoms with Gasteiger partial charge in [0.25, 0.3) is 11.6 Å². The van der Waals surface area contributed by atoms with Crippen molar-refractivity contribution in [1.82, 2.24) is 4.98 Å². The summed E-state index contributed by atoms with van der Waals surface area (Å²) in [5.74, 6) is -0.0639. The summed E-state index contributed by atoms with van der Waals surface area (Å²) in [6.45, 7) is 6.69. The van der Waals surface area contributed by atoms with E-state index in [-0.39, 0.29) is 17.0 Å². The fraction of sp³-hybridized carbons (Fsp3) is 0.238. The Labute approximate surface area is 176 Å². The van der Waals surface area contributed by atoms with Crippen molar-refractivity contribution >= 4 is 28.1 Å². The molecule has 2 aromatic carbocycles. The Kier molecular flexibility index (Phi) is 5.13. The number of ether oxygens (including phenoxy) is 2. The van der Waals surface area contributed by atoms with Crippen LogP contribution in [0.15, 0.2) is 29.6 Å². The predicted molar refractivity (Wildman–Crippen MR) is 114 cm³/mol. The second-order valence-corrected chi connectivity index (χ2v) is 7.89. The lowest BCUT2D eigenvalue weighted by atomic mass is 9.98. The SMILES string of the molecule is Cc1cc(C)c(-c2csc(NC(=O)c3cc4c(cc3[N+](=O)[O-])OCCO4)n2)c(C)c1. The number of benzene rings is 2. The van der Waals surface area contributed by atoms with Gasteiger partial charge in [-0.1, -0.05) is 17.7 Å². The van der Waals surface area contributed by atoms with E-state index in [4.69, 9.17) is 9.47 Å². The molecule has 1 aromatic heterocycles. The smallest absolute Gasteiger partial charge is 0.286 e. The number of nitro groups is 1. The molecule has 0 radical (unpaired) electrons. The van der Waals surface area contributed by atoms with E-state index in [9.17, 15) is 14.9 Å². The summed E-state index contributed by atoms with van der Waals surface area (Å²) in [6.07, 6.45) is 0. The topological polar surface area (TPSA) is 104 Å². The summed E-state index contributed by atoms with van der Waals surface area (Å²) in [7, 11) is 0.